The molecular weight excluding hydrogens is 508 g/mol. The monoisotopic (exact) mass is 530 g/mol. The summed E-state index contributed by atoms with van der Waals surface area (Å²) in [6.07, 6.45) is 3.02. The fourth-order valence-electron chi connectivity index (χ4n) is 4.03. The summed E-state index contributed by atoms with van der Waals surface area (Å²) in [5.74, 6) is -0.576. The smallest absolute Gasteiger partial charge is 0.301 e. The van der Waals surface area contributed by atoms with E-state index in [1.165, 1.54) is 40.4 Å². The maximum absolute atomic E-state index is 13.4. The van der Waals surface area contributed by atoms with Crippen LogP contribution in [0, 0.1) is 0 Å². The van der Waals surface area contributed by atoms with Crippen molar-refractivity contribution < 1.29 is 19.4 Å². The lowest BCUT2D eigenvalue weighted by atomic mass is 9.95. The second-order valence-corrected chi connectivity index (χ2v) is 10.2. The largest absolute Gasteiger partial charge is 0.507 e. The van der Waals surface area contributed by atoms with E-state index in [-0.39, 0.29) is 16.5 Å². The van der Waals surface area contributed by atoms with Crippen molar-refractivity contribution >= 4 is 45.7 Å². The van der Waals surface area contributed by atoms with Gasteiger partial charge in [-0.15, -0.1) is 10.2 Å². The zero-order valence-electron chi connectivity index (χ0n) is 19.8. The van der Waals surface area contributed by atoms with Crippen LogP contribution in [0.2, 0.25) is 0 Å². The number of rotatable bonds is 8. The summed E-state index contributed by atoms with van der Waals surface area (Å²) in [5.41, 5.74) is 2.10. The minimum absolute atomic E-state index is 0.0291. The summed E-state index contributed by atoms with van der Waals surface area (Å²) in [6.45, 7) is 2.33. The van der Waals surface area contributed by atoms with Crippen molar-refractivity contribution in [3.63, 3.8) is 0 Å². The molecular formula is C27H22N4O4S2. The van der Waals surface area contributed by atoms with Crippen molar-refractivity contribution in [3.8, 4) is 5.75 Å². The van der Waals surface area contributed by atoms with Crippen molar-refractivity contribution in [1.82, 2.24) is 15.2 Å². The Kier molecular flexibility index (Phi) is 7.29. The molecule has 4 aromatic rings. The number of hydrogen-bond donors (Lipinski definition) is 1. The number of Topliss-reactive ketones (excluding diaryl/α,β-unsaturated/α-hetero) is 1. The Bertz CT molecular complexity index is 1460. The summed E-state index contributed by atoms with van der Waals surface area (Å²) in [4.78, 5) is 31.9. The van der Waals surface area contributed by atoms with E-state index < -0.39 is 17.7 Å². The summed E-state index contributed by atoms with van der Waals surface area (Å²) in [6, 6.07) is 19.3. The van der Waals surface area contributed by atoms with Gasteiger partial charge >= 0.3 is 5.91 Å². The molecule has 1 amide bonds. The highest BCUT2D eigenvalue weighted by atomic mass is 32.2. The highest BCUT2D eigenvalue weighted by Crippen LogP contribution is 2.44. The number of carbonyl (C=O) groups excluding carboxylic acids is 2. The molecule has 3 heterocycles. The van der Waals surface area contributed by atoms with Gasteiger partial charge in [0.2, 0.25) is 5.13 Å². The lowest BCUT2D eigenvalue weighted by Crippen LogP contribution is -2.29. The number of aliphatic hydroxyl groups excluding tert-OH is 1. The van der Waals surface area contributed by atoms with Crippen molar-refractivity contribution in [3.05, 3.63) is 101 Å². The fraction of sp³-hybridized carbons (Fsp3) is 0.148. The maximum Gasteiger partial charge on any atom is 0.301 e. The van der Waals surface area contributed by atoms with Crippen LogP contribution in [0.25, 0.3) is 5.76 Å². The number of pyridine rings is 1. The molecule has 1 atom stereocenters. The number of nitrogens with zero attached hydrogens (tertiary/aromatic N) is 4. The summed E-state index contributed by atoms with van der Waals surface area (Å²) in [5, 5.41) is 20.0. The first kappa shape index (κ1) is 24.7. The number of amides is 1. The van der Waals surface area contributed by atoms with Gasteiger partial charge < -0.3 is 9.84 Å². The standard InChI is InChI=1S/C27H22N4O4S2/c1-2-35-20-10-6-9-19(15-20)22-21(23(32)18-11-13-28-14-12-18)24(33)25(34)31(22)26-29-30-27(37-26)36-16-17-7-4-3-5-8-17/h3-15,22,32H,2,16H2,1H3/b23-21+. The molecule has 1 saturated heterocycles. The molecule has 0 aliphatic carbocycles. The van der Waals surface area contributed by atoms with Crippen LogP contribution in [0.1, 0.15) is 29.7 Å². The van der Waals surface area contributed by atoms with E-state index in [1.807, 2.05) is 37.3 Å². The lowest BCUT2D eigenvalue weighted by Gasteiger charge is -2.23. The van der Waals surface area contributed by atoms with Gasteiger partial charge in [-0.25, -0.2) is 0 Å². The summed E-state index contributed by atoms with van der Waals surface area (Å²) < 4.78 is 6.32. The molecule has 186 valence electrons. The van der Waals surface area contributed by atoms with Crippen LogP contribution >= 0.6 is 23.1 Å². The first-order chi connectivity index (χ1) is 18.1. The molecule has 1 unspecified atom stereocenters. The van der Waals surface area contributed by atoms with Crippen LogP contribution < -0.4 is 9.64 Å². The van der Waals surface area contributed by atoms with Gasteiger partial charge in [-0.1, -0.05) is 65.6 Å². The molecule has 2 aromatic carbocycles. The SMILES string of the molecule is CCOc1cccc(C2/C(=C(\O)c3ccncc3)C(=O)C(=O)N2c2nnc(SCc3ccccc3)s2)c1. The Morgan fingerprint density at radius 2 is 1.84 bits per heavy atom. The van der Waals surface area contributed by atoms with Gasteiger partial charge in [0.15, 0.2) is 4.34 Å². The van der Waals surface area contributed by atoms with E-state index in [9.17, 15) is 14.7 Å². The van der Waals surface area contributed by atoms with E-state index >= 15 is 0 Å². The van der Waals surface area contributed by atoms with E-state index in [2.05, 4.69) is 15.2 Å². The number of hydrogen-bond acceptors (Lipinski definition) is 9. The molecule has 37 heavy (non-hydrogen) atoms. The molecule has 0 bridgehead atoms. The first-order valence-electron chi connectivity index (χ1n) is 11.5. The van der Waals surface area contributed by atoms with Crippen molar-refractivity contribution in [2.75, 3.05) is 11.5 Å². The molecule has 1 fully saturated rings. The second-order valence-electron chi connectivity index (χ2n) is 8.04. The normalized spacial score (nSPS) is 16.8. The second kappa shape index (κ2) is 10.9. The molecule has 5 rings (SSSR count). The zero-order chi connectivity index (χ0) is 25.8. The van der Waals surface area contributed by atoms with Gasteiger partial charge in [-0.3, -0.25) is 19.5 Å². The van der Waals surface area contributed by atoms with Gasteiger partial charge in [0.05, 0.1) is 18.2 Å². The van der Waals surface area contributed by atoms with Gasteiger partial charge in [0.25, 0.3) is 5.78 Å². The summed E-state index contributed by atoms with van der Waals surface area (Å²) in [7, 11) is 0. The summed E-state index contributed by atoms with van der Waals surface area (Å²) >= 11 is 2.72. The average Bonchev–Trinajstić information content (AvgIpc) is 3.50. The number of benzene rings is 2. The molecule has 0 radical (unpaired) electrons. The van der Waals surface area contributed by atoms with Crippen LogP contribution in [0.15, 0.2) is 89.0 Å². The third kappa shape index (κ3) is 5.11. The van der Waals surface area contributed by atoms with E-state index in [1.54, 1.807) is 36.4 Å². The molecule has 1 aliphatic heterocycles. The predicted octanol–water partition coefficient (Wildman–Crippen LogP) is 5.25. The van der Waals surface area contributed by atoms with Crippen molar-refractivity contribution in [1.29, 1.82) is 0 Å². The molecule has 8 nitrogen and oxygen atoms in total. The third-order valence-electron chi connectivity index (χ3n) is 5.69. The molecule has 10 heteroatoms. The zero-order valence-corrected chi connectivity index (χ0v) is 21.4. The van der Waals surface area contributed by atoms with Crippen LogP contribution in [-0.4, -0.2) is 38.6 Å². The fourth-order valence-corrected chi connectivity index (χ4v) is 5.85. The van der Waals surface area contributed by atoms with Gasteiger partial charge in [0.1, 0.15) is 11.5 Å². The van der Waals surface area contributed by atoms with Crippen LogP contribution in [-0.2, 0) is 15.3 Å². The first-order valence-corrected chi connectivity index (χ1v) is 13.3. The Hall–Kier alpha value is -4.02. The quantitative estimate of drug-likeness (QED) is 0.108. The Morgan fingerprint density at radius 3 is 2.59 bits per heavy atom. The number of carbonyl (C=O) groups is 2. The molecule has 0 saturated carbocycles. The number of aliphatic hydroxyl groups is 1. The number of anilines is 1. The minimum Gasteiger partial charge on any atom is -0.507 e. The van der Waals surface area contributed by atoms with Gasteiger partial charge in [-0.2, -0.15) is 0 Å². The Balaban J connectivity index is 1.56. The minimum atomic E-state index is -0.909. The molecule has 1 aliphatic rings. The highest BCUT2D eigenvalue weighted by Gasteiger charge is 2.48. The van der Waals surface area contributed by atoms with Gasteiger partial charge in [0, 0.05) is 23.7 Å². The van der Waals surface area contributed by atoms with Crippen molar-refractivity contribution in [2.45, 2.75) is 23.1 Å². The predicted molar refractivity (Wildman–Crippen MR) is 143 cm³/mol. The molecule has 0 spiro atoms. The maximum atomic E-state index is 13.4. The van der Waals surface area contributed by atoms with Crippen LogP contribution in [0.5, 0.6) is 5.75 Å². The van der Waals surface area contributed by atoms with E-state index in [0.29, 0.717) is 33.6 Å². The number of aromatic nitrogens is 3. The average molecular weight is 531 g/mol. The Labute approximate surface area is 221 Å². The topological polar surface area (TPSA) is 106 Å². The number of thioether (sulfide) groups is 1. The van der Waals surface area contributed by atoms with E-state index in [0.717, 1.165) is 5.56 Å². The highest BCUT2D eigenvalue weighted by molar-refractivity contribution is 8.00. The van der Waals surface area contributed by atoms with Crippen LogP contribution in [0.4, 0.5) is 5.13 Å². The van der Waals surface area contributed by atoms with Crippen molar-refractivity contribution in [2.24, 2.45) is 0 Å². The number of ether oxygens (including phenoxy) is 1. The Morgan fingerprint density at radius 1 is 1.05 bits per heavy atom. The van der Waals surface area contributed by atoms with Gasteiger partial charge in [-0.05, 0) is 42.3 Å². The van der Waals surface area contributed by atoms with Crippen LogP contribution in [0.3, 0.4) is 0 Å². The molecule has 1 N–H and O–H groups in total. The lowest BCUT2D eigenvalue weighted by molar-refractivity contribution is -0.132. The van der Waals surface area contributed by atoms with E-state index in [4.69, 9.17) is 4.74 Å². The number of ketones is 1. The molecule has 2 aromatic heterocycles. The third-order valence-corrected chi connectivity index (χ3v) is 7.82.